The highest BCUT2D eigenvalue weighted by atomic mass is 32.1. The van der Waals surface area contributed by atoms with E-state index in [1.165, 1.54) is 11.5 Å². The number of nitrogens with zero attached hydrogens (tertiary/aromatic N) is 1. The molecule has 0 spiro atoms. The van der Waals surface area contributed by atoms with Gasteiger partial charge >= 0.3 is 0 Å². The van der Waals surface area contributed by atoms with E-state index in [1.807, 2.05) is 11.4 Å². The highest BCUT2D eigenvalue weighted by Gasteiger charge is 1.92. The van der Waals surface area contributed by atoms with Crippen LogP contribution in [0.15, 0.2) is 11.4 Å². The summed E-state index contributed by atoms with van der Waals surface area (Å²) >= 11 is 1.49. The SMILES string of the molecule is OCCCCc1ccsn1. The van der Waals surface area contributed by atoms with E-state index in [0.29, 0.717) is 6.61 Å². The zero-order valence-electron chi connectivity index (χ0n) is 5.79. The largest absolute Gasteiger partial charge is 0.396 e. The van der Waals surface area contributed by atoms with Crippen molar-refractivity contribution in [3.05, 3.63) is 17.1 Å². The molecule has 1 heterocycles. The molecule has 1 aromatic heterocycles. The lowest BCUT2D eigenvalue weighted by atomic mass is 10.2. The average molecular weight is 157 g/mol. The Bertz CT molecular complexity index is 162. The van der Waals surface area contributed by atoms with Crippen molar-refractivity contribution in [3.63, 3.8) is 0 Å². The summed E-state index contributed by atoms with van der Waals surface area (Å²) in [4.78, 5) is 0. The Morgan fingerprint density at radius 3 is 3.00 bits per heavy atom. The number of aliphatic hydroxyl groups is 1. The summed E-state index contributed by atoms with van der Waals surface area (Å²) in [6, 6.07) is 2.03. The Morgan fingerprint density at radius 1 is 1.50 bits per heavy atom. The molecule has 0 aliphatic heterocycles. The van der Waals surface area contributed by atoms with Gasteiger partial charge < -0.3 is 5.11 Å². The molecule has 0 unspecified atom stereocenters. The van der Waals surface area contributed by atoms with E-state index in [2.05, 4.69) is 4.37 Å². The third-order valence-corrected chi connectivity index (χ3v) is 1.93. The standard InChI is InChI=1S/C7H11NOS/c9-5-2-1-3-7-4-6-10-8-7/h4,6,9H,1-3,5H2. The number of aryl methyl sites for hydroxylation is 1. The van der Waals surface area contributed by atoms with Crippen molar-refractivity contribution in [2.45, 2.75) is 19.3 Å². The fourth-order valence-corrected chi connectivity index (χ4v) is 1.35. The summed E-state index contributed by atoms with van der Waals surface area (Å²) in [7, 11) is 0. The molecule has 10 heavy (non-hydrogen) atoms. The first-order valence-corrected chi connectivity index (χ1v) is 4.27. The van der Waals surface area contributed by atoms with Crippen molar-refractivity contribution in [2.75, 3.05) is 6.61 Å². The second-order valence-electron chi connectivity index (χ2n) is 2.17. The van der Waals surface area contributed by atoms with Crippen LogP contribution in [-0.4, -0.2) is 16.1 Å². The van der Waals surface area contributed by atoms with Gasteiger partial charge in [0, 0.05) is 12.0 Å². The van der Waals surface area contributed by atoms with Crippen LogP contribution in [0.1, 0.15) is 18.5 Å². The van der Waals surface area contributed by atoms with Gasteiger partial charge in [0.05, 0.1) is 5.69 Å². The maximum absolute atomic E-state index is 8.48. The zero-order chi connectivity index (χ0) is 7.23. The number of unbranched alkanes of at least 4 members (excludes halogenated alkanes) is 1. The summed E-state index contributed by atoms with van der Waals surface area (Å²) in [6.45, 7) is 0.296. The Labute approximate surface area is 64.7 Å². The molecule has 0 atom stereocenters. The maximum Gasteiger partial charge on any atom is 0.0542 e. The lowest BCUT2D eigenvalue weighted by molar-refractivity contribution is 0.284. The van der Waals surface area contributed by atoms with Crippen LogP contribution in [0.5, 0.6) is 0 Å². The highest BCUT2D eigenvalue weighted by molar-refractivity contribution is 7.03. The Kier molecular flexibility index (Phi) is 3.40. The van der Waals surface area contributed by atoms with E-state index < -0.39 is 0 Å². The van der Waals surface area contributed by atoms with Crippen molar-refractivity contribution in [1.82, 2.24) is 4.37 Å². The summed E-state index contributed by atoms with van der Waals surface area (Å²) in [5, 5.41) is 10.5. The zero-order valence-corrected chi connectivity index (χ0v) is 6.60. The molecule has 0 saturated carbocycles. The molecule has 0 bridgehead atoms. The van der Waals surface area contributed by atoms with Crippen molar-refractivity contribution >= 4 is 11.5 Å². The van der Waals surface area contributed by atoms with Gasteiger partial charge in [0.1, 0.15) is 0 Å². The van der Waals surface area contributed by atoms with Crippen LogP contribution in [0.25, 0.3) is 0 Å². The minimum atomic E-state index is 0.296. The Morgan fingerprint density at radius 2 is 2.40 bits per heavy atom. The lowest BCUT2D eigenvalue weighted by Crippen LogP contribution is -1.87. The molecule has 1 N–H and O–H groups in total. The van der Waals surface area contributed by atoms with E-state index in [9.17, 15) is 0 Å². The third kappa shape index (κ3) is 2.45. The molecule has 0 saturated heterocycles. The third-order valence-electron chi connectivity index (χ3n) is 1.33. The molecule has 2 nitrogen and oxygen atoms in total. The summed E-state index contributed by atoms with van der Waals surface area (Å²) < 4.78 is 4.15. The summed E-state index contributed by atoms with van der Waals surface area (Å²) in [5.41, 5.74) is 1.15. The normalized spacial score (nSPS) is 10.1. The summed E-state index contributed by atoms with van der Waals surface area (Å²) in [6.07, 6.45) is 2.93. The Balaban J connectivity index is 2.15. The van der Waals surface area contributed by atoms with Gasteiger partial charge in [-0.2, -0.15) is 4.37 Å². The van der Waals surface area contributed by atoms with Crippen LogP contribution < -0.4 is 0 Å². The van der Waals surface area contributed by atoms with Gasteiger partial charge in [-0.15, -0.1) is 0 Å². The summed E-state index contributed by atoms with van der Waals surface area (Å²) in [5.74, 6) is 0. The van der Waals surface area contributed by atoms with Crippen molar-refractivity contribution < 1.29 is 5.11 Å². The van der Waals surface area contributed by atoms with Gasteiger partial charge in [-0.3, -0.25) is 0 Å². The van der Waals surface area contributed by atoms with Crippen LogP contribution in [0, 0.1) is 0 Å². The van der Waals surface area contributed by atoms with Crippen LogP contribution in [0.3, 0.4) is 0 Å². The smallest absolute Gasteiger partial charge is 0.0542 e. The van der Waals surface area contributed by atoms with E-state index in [1.54, 1.807) is 0 Å². The monoisotopic (exact) mass is 157 g/mol. The maximum atomic E-state index is 8.48. The highest BCUT2D eigenvalue weighted by Crippen LogP contribution is 2.03. The van der Waals surface area contributed by atoms with Crippen molar-refractivity contribution in [1.29, 1.82) is 0 Å². The van der Waals surface area contributed by atoms with Gasteiger partial charge in [0.25, 0.3) is 0 Å². The first-order chi connectivity index (χ1) is 4.93. The minimum Gasteiger partial charge on any atom is -0.396 e. The van der Waals surface area contributed by atoms with E-state index in [-0.39, 0.29) is 0 Å². The van der Waals surface area contributed by atoms with Gasteiger partial charge in [-0.25, -0.2) is 0 Å². The predicted molar refractivity (Wildman–Crippen MR) is 42.1 cm³/mol. The minimum absolute atomic E-state index is 0.296. The van der Waals surface area contributed by atoms with Crippen LogP contribution >= 0.6 is 11.5 Å². The fourth-order valence-electron chi connectivity index (χ4n) is 0.784. The fraction of sp³-hybridized carbons (Fsp3) is 0.571. The molecule has 1 aromatic rings. The van der Waals surface area contributed by atoms with Crippen molar-refractivity contribution in [3.8, 4) is 0 Å². The number of rotatable bonds is 4. The van der Waals surface area contributed by atoms with Gasteiger partial charge in [-0.05, 0) is 36.9 Å². The molecule has 56 valence electrons. The van der Waals surface area contributed by atoms with Gasteiger partial charge in [0.2, 0.25) is 0 Å². The second kappa shape index (κ2) is 4.41. The molecule has 0 fully saturated rings. The van der Waals surface area contributed by atoms with Crippen LogP contribution in [0.4, 0.5) is 0 Å². The molecule has 0 aliphatic carbocycles. The first kappa shape index (κ1) is 7.69. The molecular weight excluding hydrogens is 146 g/mol. The molecular formula is C7H11NOS. The van der Waals surface area contributed by atoms with Gasteiger partial charge in [0.15, 0.2) is 0 Å². The average Bonchev–Trinajstić information content (AvgIpc) is 2.41. The first-order valence-electron chi connectivity index (χ1n) is 3.43. The molecule has 3 heteroatoms. The molecule has 0 aromatic carbocycles. The van der Waals surface area contributed by atoms with Crippen LogP contribution in [-0.2, 0) is 6.42 Å². The number of hydrogen-bond donors (Lipinski definition) is 1. The number of aromatic nitrogens is 1. The van der Waals surface area contributed by atoms with E-state index >= 15 is 0 Å². The molecule has 0 amide bonds. The van der Waals surface area contributed by atoms with Crippen LogP contribution in [0.2, 0.25) is 0 Å². The quantitative estimate of drug-likeness (QED) is 0.671. The van der Waals surface area contributed by atoms with E-state index in [0.717, 1.165) is 25.0 Å². The second-order valence-corrected chi connectivity index (χ2v) is 2.84. The predicted octanol–water partition coefficient (Wildman–Crippen LogP) is 1.46. The molecule has 1 rings (SSSR count). The number of aliphatic hydroxyl groups excluding tert-OH is 1. The topological polar surface area (TPSA) is 33.1 Å². The van der Waals surface area contributed by atoms with E-state index in [4.69, 9.17) is 5.11 Å². The van der Waals surface area contributed by atoms with Gasteiger partial charge in [-0.1, -0.05) is 0 Å². The Hall–Kier alpha value is -0.410. The molecule has 0 radical (unpaired) electrons. The number of hydrogen-bond acceptors (Lipinski definition) is 3. The lowest BCUT2D eigenvalue weighted by Gasteiger charge is -1.92. The molecule has 0 aliphatic rings. The van der Waals surface area contributed by atoms with Crippen molar-refractivity contribution in [2.24, 2.45) is 0 Å².